The molecule has 0 aliphatic heterocycles. The van der Waals surface area contributed by atoms with Crippen LogP contribution in [0.3, 0.4) is 0 Å². The number of hydrogen-bond donors (Lipinski definition) is 0. The smallest absolute Gasteiger partial charge is 0.123 e. The van der Waals surface area contributed by atoms with E-state index in [9.17, 15) is 0 Å². The molecule has 0 fully saturated rings. The summed E-state index contributed by atoms with van der Waals surface area (Å²) in [6, 6.07) is 5.94. The second-order valence-corrected chi connectivity index (χ2v) is 4.81. The zero-order chi connectivity index (χ0) is 12.3. The lowest BCUT2D eigenvalue weighted by molar-refractivity contribution is 0.408. The predicted molar refractivity (Wildman–Crippen MR) is 71.6 cm³/mol. The Morgan fingerprint density at radius 1 is 1.47 bits per heavy atom. The van der Waals surface area contributed by atoms with Gasteiger partial charge in [0.05, 0.1) is 31.6 Å². The van der Waals surface area contributed by atoms with Gasteiger partial charge in [0.2, 0.25) is 0 Å². The van der Waals surface area contributed by atoms with Gasteiger partial charge in [-0.15, -0.1) is 11.6 Å². The van der Waals surface area contributed by atoms with Crippen molar-refractivity contribution in [1.29, 1.82) is 0 Å². The summed E-state index contributed by atoms with van der Waals surface area (Å²) in [5.41, 5.74) is 1.97. The minimum absolute atomic E-state index is 0.433. The normalized spacial score (nSPS) is 10.5. The van der Waals surface area contributed by atoms with Crippen LogP contribution in [0, 0.1) is 0 Å². The van der Waals surface area contributed by atoms with E-state index in [4.69, 9.17) is 16.3 Å². The van der Waals surface area contributed by atoms with Crippen LogP contribution in [0.1, 0.15) is 11.3 Å². The first-order chi connectivity index (χ1) is 8.22. The van der Waals surface area contributed by atoms with Gasteiger partial charge in [-0.05, 0) is 18.2 Å². The van der Waals surface area contributed by atoms with Gasteiger partial charge in [0.1, 0.15) is 5.75 Å². The van der Waals surface area contributed by atoms with Crippen LogP contribution in [0.15, 0.2) is 35.2 Å². The van der Waals surface area contributed by atoms with Crippen LogP contribution in [0.25, 0.3) is 0 Å². The molecule has 17 heavy (non-hydrogen) atoms. The van der Waals surface area contributed by atoms with Gasteiger partial charge >= 0.3 is 0 Å². The summed E-state index contributed by atoms with van der Waals surface area (Å²) in [7, 11) is 1.67. The van der Waals surface area contributed by atoms with Crippen LogP contribution in [-0.4, -0.2) is 16.7 Å². The molecule has 0 radical (unpaired) electrons. The van der Waals surface area contributed by atoms with Crippen LogP contribution >= 0.6 is 27.5 Å². The van der Waals surface area contributed by atoms with Crippen LogP contribution in [0.2, 0.25) is 0 Å². The molecule has 5 heteroatoms. The largest absolute Gasteiger partial charge is 0.496 e. The van der Waals surface area contributed by atoms with Gasteiger partial charge in [-0.1, -0.05) is 15.9 Å². The molecule has 0 atom stereocenters. The number of imidazole rings is 1. The highest BCUT2D eigenvalue weighted by atomic mass is 79.9. The first kappa shape index (κ1) is 12.5. The zero-order valence-electron chi connectivity index (χ0n) is 9.36. The summed E-state index contributed by atoms with van der Waals surface area (Å²) in [5.74, 6) is 1.30. The van der Waals surface area contributed by atoms with Gasteiger partial charge in [0.25, 0.3) is 0 Å². The fourth-order valence-corrected chi connectivity index (χ4v) is 2.18. The highest BCUT2D eigenvalue weighted by Crippen LogP contribution is 2.23. The van der Waals surface area contributed by atoms with Gasteiger partial charge in [-0.25, -0.2) is 4.98 Å². The molecule has 2 aromatic rings. The molecule has 0 bridgehead atoms. The third-order valence-corrected chi connectivity index (χ3v) is 3.19. The molecule has 0 unspecified atom stereocenters. The van der Waals surface area contributed by atoms with E-state index >= 15 is 0 Å². The van der Waals surface area contributed by atoms with Gasteiger partial charge in [0.15, 0.2) is 0 Å². The maximum atomic E-state index is 5.72. The summed E-state index contributed by atoms with van der Waals surface area (Å²) >= 11 is 9.18. The van der Waals surface area contributed by atoms with E-state index in [1.807, 2.05) is 29.0 Å². The minimum Gasteiger partial charge on any atom is -0.496 e. The van der Waals surface area contributed by atoms with Gasteiger partial charge in [-0.3, -0.25) is 0 Å². The Hall–Kier alpha value is -1.00. The molecule has 0 spiro atoms. The maximum Gasteiger partial charge on any atom is 0.123 e. The van der Waals surface area contributed by atoms with Crippen LogP contribution in [0.5, 0.6) is 5.75 Å². The molecule has 90 valence electrons. The highest BCUT2D eigenvalue weighted by Gasteiger charge is 2.05. The van der Waals surface area contributed by atoms with Crippen molar-refractivity contribution in [2.24, 2.45) is 0 Å². The standard InChI is InChI=1S/C12H12BrClN2O/c1-17-12-3-2-10(13)4-9(12)6-16-7-11(5-14)15-8-16/h2-4,7-8H,5-6H2,1H3. The number of aromatic nitrogens is 2. The van der Waals surface area contributed by atoms with Crippen molar-refractivity contribution in [1.82, 2.24) is 9.55 Å². The van der Waals surface area contributed by atoms with Crippen molar-refractivity contribution in [2.75, 3.05) is 7.11 Å². The number of rotatable bonds is 4. The van der Waals surface area contributed by atoms with Crippen molar-refractivity contribution in [2.45, 2.75) is 12.4 Å². The van der Waals surface area contributed by atoms with Gasteiger partial charge in [-0.2, -0.15) is 0 Å². The molecular weight excluding hydrogens is 304 g/mol. The van der Waals surface area contributed by atoms with E-state index in [1.165, 1.54) is 0 Å². The molecule has 0 amide bonds. The molecular formula is C12H12BrClN2O. The molecule has 3 nitrogen and oxygen atoms in total. The van der Waals surface area contributed by atoms with E-state index < -0.39 is 0 Å². The second-order valence-electron chi connectivity index (χ2n) is 3.63. The molecule has 1 aromatic heterocycles. The number of alkyl halides is 1. The molecule has 1 aromatic carbocycles. The fraction of sp³-hybridized carbons (Fsp3) is 0.250. The van der Waals surface area contributed by atoms with Crippen molar-refractivity contribution in [3.05, 3.63) is 46.5 Å². The van der Waals surface area contributed by atoms with E-state index in [1.54, 1.807) is 13.4 Å². The average Bonchev–Trinajstić information content (AvgIpc) is 2.77. The first-order valence-electron chi connectivity index (χ1n) is 5.12. The third kappa shape index (κ3) is 3.01. The monoisotopic (exact) mass is 314 g/mol. The SMILES string of the molecule is COc1ccc(Br)cc1Cn1cnc(CCl)c1. The molecule has 0 N–H and O–H groups in total. The van der Waals surface area contributed by atoms with Crippen molar-refractivity contribution in [3.8, 4) is 5.75 Å². The highest BCUT2D eigenvalue weighted by molar-refractivity contribution is 9.10. The number of methoxy groups -OCH3 is 1. The van der Waals surface area contributed by atoms with Crippen LogP contribution < -0.4 is 4.74 Å². The minimum atomic E-state index is 0.433. The Morgan fingerprint density at radius 2 is 2.29 bits per heavy atom. The molecule has 0 saturated carbocycles. The first-order valence-corrected chi connectivity index (χ1v) is 6.44. The fourth-order valence-electron chi connectivity index (χ4n) is 1.63. The van der Waals surface area contributed by atoms with Crippen molar-refractivity contribution >= 4 is 27.5 Å². The summed E-state index contributed by atoms with van der Waals surface area (Å²) in [6.45, 7) is 0.715. The summed E-state index contributed by atoms with van der Waals surface area (Å²) < 4.78 is 8.35. The third-order valence-electron chi connectivity index (χ3n) is 2.42. The Morgan fingerprint density at radius 3 is 2.94 bits per heavy atom. The van der Waals surface area contributed by atoms with E-state index in [-0.39, 0.29) is 0 Å². The Bertz CT molecular complexity index is 513. The molecule has 0 saturated heterocycles. The summed E-state index contributed by atoms with van der Waals surface area (Å²) in [4.78, 5) is 4.19. The number of halogens is 2. The van der Waals surface area contributed by atoms with E-state index in [0.29, 0.717) is 12.4 Å². The number of ether oxygens (including phenoxy) is 1. The second kappa shape index (κ2) is 5.56. The Balaban J connectivity index is 2.25. The molecule has 1 heterocycles. The summed E-state index contributed by atoms with van der Waals surface area (Å²) in [6.07, 6.45) is 3.71. The van der Waals surface area contributed by atoms with E-state index in [0.717, 1.165) is 21.5 Å². The zero-order valence-corrected chi connectivity index (χ0v) is 11.7. The van der Waals surface area contributed by atoms with Gasteiger partial charge in [0, 0.05) is 16.2 Å². The maximum absolute atomic E-state index is 5.72. The predicted octanol–water partition coefficient (Wildman–Crippen LogP) is 3.44. The van der Waals surface area contributed by atoms with Crippen LogP contribution in [0.4, 0.5) is 0 Å². The lowest BCUT2D eigenvalue weighted by Gasteiger charge is -2.09. The Kier molecular flexibility index (Phi) is 4.07. The molecule has 2 rings (SSSR count). The quantitative estimate of drug-likeness (QED) is 0.808. The molecule has 0 aliphatic carbocycles. The van der Waals surface area contributed by atoms with Crippen molar-refractivity contribution < 1.29 is 4.74 Å². The number of nitrogens with zero attached hydrogens (tertiary/aromatic N) is 2. The average molecular weight is 316 g/mol. The topological polar surface area (TPSA) is 27.1 Å². The Labute approximate surface area is 114 Å². The summed E-state index contributed by atoms with van der Waals surface area (Å²) in [5, 5.41) is 0. The lowest BCUT2D eigenvalue weighted by atomic mass is 10.2. The van der Waals surface area contributed by atoms with Crippen LogP contribution in [-0.2, 0) is 12.4 Å². The van der Waals surface area contributed by atoms with Gasteiger partial charge < -0.3 is 9.30 Å². The number of benzene rings is 1. The van der Waals surface area contributed by atoms with Crippen molar-refractivity contribution in [3.63, 3.8) is 0 Å². The van der Waals surface area contributed by atoms with E-state index in [2.05, 4.69) is 20.9 Å². The lowest BCUT2D eigenvalue weighted by Crippen LogP contribution is -1.99. The molecule has 0 aliphatic rings. The number of hydrogen-bond acceptors (Lipinski definition) is 2.